The van der Waals surface area contributed by atoms with Gasteiger partial charge in [-0.3, -0.25) is 4.79 Å². The highest BCUT2D eigenvalue weighted by molar-refractivity contribution is 9.10. The van der Waals surface area contributed by atoms with Crippen LogP contribution in [0.1, 0.15) is 26.3 Å². The lowest BCUT2D eigenvalue weighted by Gasteiger charge is -2.08. The maximum Gasteiger partial charge on any atom is 0.343 e. The topological polar surface area (TPSA) is 67.8 Å². The summed E-state index contributed by atoms with van der Waals surface area (Å²) < 4.78 is 19.1. The first-order valence-electron chi connectivity index (χ1n) is 8.19. The first-order valence-corrected chi connectivity index (χ1v) is 8.98. The molecule has 140 valence electrons. The highest BCUT2D eigenvalue weighted by Gasteiger charge is 2.11. The minimum absolute atomic E-state index is 0.267. The van der Waals surface area contributed by atoms with Gasteiger partial charge in [-0.15, -0.1) is 0 Å². The summed E-state index contributed by atoms with van der Waals surface area (Å²) in [5, 5.41) is 3.89. The molecule has 0 aliphatic heterocycles. The molecular weight excluding hydrogens is 427 g/mol. The van der Waals surface area contributed by atoms with E-state index < -0.39 is 17.7 Å². The maximum atomic E-state index is 12.9. The summed E-state index contributed by atoms with van der Waals surface area (Å²) in [5.74, 6) is -1.14. The zero-order valence-corrected chi connectivity index (χ0v) is 16.0. The zero-order valence-electron chi connectivity index (χ0n) is 14.4. The number of nitrogens with zero attached hydrogens (tertiary/aromatic N) is 1. The van der Waals surface area contributed by atoms with E-state index in [2.05, 4.69) is 26.5 Å². The maximum absolute atomic E-state index is 12.9. The van der Waals surface area contributed by atoms with Crippen LogP contribution in [0.3, 0.4) is 0 Å². The van der Waals surface area contributed by atoms with Crippen LogP contribution in [0.4, 0.5) is 4.39 Å². The second-order valence-electron chi connectivity index (χ2n) is 5.64. The van der Waals surface area contributed by atoms with E-state index in [1.165, 1.54) is 30.5 Å². The second kappa shape index (κ2) is 9.05. The minimum Gasteiger partial charge on any atom is -0.422 e. The van der Waals surface area contributed by atoms with Crippen molar-refractivity contribution in [3.63, 3.8) is 0 Å². The first-order chi connectivity index (χ1) is 13.5. The highest BCUT2D eigenvalue weighted by Crippen LogP contribution is 2.23. The van der Waals surface area contributed by atoms with Crippen molar-refractivity contribution in [2.75, 3.05) is 0 Å². The Morgan fingerprint density at radius 1 is 0.964 bits per heavy atom. The van der Waals surface area contributed by atoms with Gasteiger partial charge in [0.25, 0.3) is 5.91 Å². The Bertz CT molecular complexity index is 1020. The van der Waals surface area contributed by atoms with Crippen LogP contribution in [0, 0.1) is 5.82 Å². The molecule has 0 spiro atoms. The predicted molar refractivity (Wildman–Crippen MR) is 107 cm³/mol. The Kier molecular flexibility index (Phi) is 6.29. The Morgan fingerprint density at radius 2 is 1.68 bits per heavy atom. The Labute approximate surface area is 169 Å². The molecule has 0 bridgehead atoms. The molecule has 0 atom stereocenters. The van der Waals surface area contributed by atoms with Crippen LogP contribution < -0.4 is 10.2 Å². The van der Waals surface area contributed by atoms with E-state index in [9.17, 15) is 14.0 Å². The van der Waals surface area contributed by atoms with Crippen LogP contribution in [0.25, 0.3) is 0 Å². The number of hydrogen-bond donors (Lipinski definition) is 1. The fraction of sp³-hybridized carbons (Fsp3) is 0. The van der Waals surface area contributed by atoms with Gasteiger partial charge < -0.3 is 4.74 Å². The van der Waals surface area contributed by atoms with E-state index in [0.29, 0.717) is 11.1 Å². The molecule has 7 heteroatoms. The molecule has 0 saturated carbocycles. The van der Waals surface area contributed by atoms with Gasteiger partial charge in [0, 0.05) is 15.6 Å². The van der Waals surface area contributed by atoms with Gasteiger partial charge in [-0.05, 0) is 54.6 Å². The number of esters is 1. The van der Waals surface area contributed by atoms with Crippen molar-refractivity contribution in [3.8, 4) is 5.75 Å². The van der Waals surface area contributed by atoms with Crippen LogP contribution in [0.2, 0.25) is 0 Å². The molecule has 5 nitrogen and oxygen atoms in total. The summed E-state index contributed by atoms with van der Waals surface area (Å²) in [6, 6.07) is 18.7. The molecule has 0 radical (unpaired) electrons. The summed E-state index contributed by atoms with van der Waals surface area (Å²) >= 11 is 3.35. The summed E-state index contributed by atoms with van der Waals surface area (Å²) in [6.45, 7) is 0. The van der Waals surface area contributed by atoms with Crippen molar-refractivity contribution in [3.05, 3.63) is 99.8 Å². The second-order valence-corrected chi connectivity index (χ2v) is 6.56. The molecule has 28 heavy (non-hydrogen) atoms. The Balaban J connectivity index is 1.73. The number of rotatable bonds is 5. The van der Waals surface area contributed by atoms with Crippen LogP contribution in [0.15, 0.2) is 82.4 Å². The highest BCUT2D eigenvalue weighted by atomic mass is 79.9. The number of nitrogens with one attached hydrogen (secondary N) is 1. The summed E-state index contributed by atoms with van der Waals surface area (Å²) in [4.78, 5) is 24.3. The van der Waals surface area contributed by atoms with Gasteiger partial charge in [-0.2, -0.15) is 5.10 Å². The predicted octanol–water partition coefficient (Wildman–Crippen LogP) is 4.57. The van der Waals surface area contributed by atoms with Gasteiger partial charge in [0.15, 0.2) is 0 Å². The van der Waals surface area contributed by atoms with Crippen molar-refractivity contribution >= 4 is 34.0 Å². The van der Waals surface area contributed by atoms with Crippen LogP contribution in [-0.2, 0) is 0 Å². The first kappa shape index (κ1) is 19.4. The minimum atomic E-state index is -0.507. The SMILES string of the molecule is O=C(NN=Cc1cc(Br)ccc1OC(=O)c1ccccc1)c1ccc(F)cc1. The van der Waals surface area contributed by atoms with Gasteiger partial charge in [0.05, 0.1) is 11.8 Å². The van der Waals surface area contributed by atoms with E-state index in [1.807, 2.05) is 0 Å². The molecule has 0 saturated heterocycles. The van der Waals surface area contributed by atoms with Crippen molar-refractivity contribution in [2.24, 2.45) is 5.10 Å². The molecule has 0 aliphatic rings. The van der Waals surface area contributed by atoms with Gasteiger partial charge in [0.2, 0.25) is 0 Å². The number of halogens is 2. The molecule has 3 aromatic carbocycles. The summed E-state index contributed by atoms with van der Waals surface area (Å²) in [6.07, 6.45) is 1.36. The Morgan fingerprint density at radius 3 is 2.39 bits per heavy atom. The van der Waals surface area contributed by atoms with E-state index >= 15 is 0 Å². The zero-order chi connectivity index (χ0) is 19.9. The smallest absolute Gasteiger partial charge is 0.343 e. The molecule has 0 aliphatic carbocycles. The molecular formula is C21H14BrFN2O3. The molecule has 0 fully saturated rings. The molecule has 0 unspecified atom stereocenters. The molecule has 1 amide bonds. The van der Waals surface area contributed by atoms with Crippen LogP contribution >= 0.6 is 15.9 Å². The quantitative estimate of drug-likeness (QED) is 0.273. The number of amides is 1. The lowest BCUT2D eigenvalue weighted by molar-refractivity contribution is 0.0734. The molecule has 1 N–H and O–H groups in total. The fourth-order valence-electron chi connectivity index (χ4n) is 2.27. The van der Waals surface area contributed by atoms with Crippen molar-refractivity contribution in [2.45, 2.75) is 0 Å². The van der Waals surface area contributed by atoms with Gasteiger partial charge >= 0.3 is 5.97 Å². The number of ether oxygens (including phenoxy) is 1. The van der Waals surface area contributed by atoms with Crippen LogP contribution in [-0.4, -0.2) is 18.1 Å². The molecule has 0 aromatic heterocycles. The van der Waals surface area contributed by atoms with E-state index in [-0.39, 0.29) is 11.3 Å². The summed E-state index contributed by atoms with van der Waals surface area (Å²) in [5.41, 5.74) is 3.52. The van der Waals surface area contributed by atoms with E-state index in [0.717, 1.165) is 4.47 Å². The monoisotopic (exact) mass is 440 g/mol. The van der Waals surface area contributed by atoms with Gasteiger partial charge in [-0.25, -0.2) is 14.6 Å². The largest absolute Gasteiger partial charge is 0.422 e. The van der Waals surface area contributed by atoms with E-state index in [4.69, 9.17) is 4.74 Å². The fourth-order valence-corrected chi connectivity index (χ4v) is 2.65. The number of carbonyl (C=O) groups is 2. The lowest BCUT2D eigenvalue weighted by Crippen LogP contribution is -2.17. The van der Waals surface area contributed by atoms with Crippen molar-refractivity contribution in [1.82, 2.24) is 5.43 Å². The standard InChI is InChI=1S/C21H14BrFN2O3/c22-17-8-11-19(28-21(27)15-4-2-1-3-5-15)16(12-17)13-24-25-20(26)14-6-9-18(23)10-7-14/h1-13H,(H,25,26). The average Bonchev–Trinajstić information content (AvgIpc) is 2.71. The third-order valence-corrected chi connectivity index (χ3v) is 4.15. The van der Waals surface area contributed by atoms with Crippen molar-refractivity contribution < 1.29 is 18.7 Å². The molecule has 3 aromatic rings. The normalized spacial score (nSPS) is 10.6. The van der Waals surface area contributed by atoms with Gasteiger partial charge in [0.1, 0.15) is 11.6 Å². The summed E-state index contributed by atoms with van der Waals surface area (Å²) in [7, 11) is 0. The van der Waals surface area contributed by atoms with Gasteiger partial charge in [-0.1, -0.05) is 34.1 Å². The number of carbonyl (C=O) groups excluding carboxylic acids is 2. The molecule has 3 rings (SSSR count). The average molecular weight is 441 g/mol. The number of benzene rings is 3. The molecule has 0 heterocycles. The number of hydrazone groups is 1. The third kappa shape index (κ3) is 5.11. The Hall–Kier alpha value is -3.32. The lowest BCUT2D eigenvalue weighted by atomic mass is 10.2. The van der Waals surface area contributed by atoms with E-state index in [1.54, 1.807) is 48.5 Å². The van der Waals surface area contributed by atoms with Crippen molar-refractivity contribution in [1.29, 1.82) is 0 Å². The number of hydrogen-bond acceptors (Lipinski definition) is 4. The van der Waals surface area contributed by atoms with Crippen LogP contribution in [0.5, 0.6) is 5.75 Å². The third-order valence-electron chi connectivity index (χ3n) is 3.66.